The van der Waals surface area contributed by atoms with E-state index in [2.05, 4.69) is 0 Å². The maximum Gasteiger partial charge on any atom is 0.313 e. The van der Waals surface area contributed by atoms with Gasteiger partial charge < -0.3 is 24.4 Å². The number of likely N-dealkylation sites (tertiary alicyclic amines) is 1. The summed E-state index contributed by atoms with van der Waals surface area (Å²) in [5, 5.41) is 10.8. The summed E-state index contributed by atoms with van der Waals surface area (Å²) in [4.78, 5) is 46.8. The van der Waals surface area contributed by atoms with E-state index in [1.165, 1.54) is 4.90 Å². The van der Waals surface area contributed by atoms with Gasteiger partial charge in [-0.3, -0.25) is 14.4 Å². The molecule has 4 aliphatic heterocycles. The molecule has 4 heterocycles. The van der Waals surface area contributed by atoms with Gasteiger partial charge in [-0.15, -0.1) is 0 Å². The SMILES string of the molecule is CC[C@]12/C=C\CCCOC(=O)[C@H]1[C@H]1C(=O)N([C@@H](CO)Cc3ccccc3)C3C(=O)N(c4cc(C)ccc4C)CC=C[C@@]31O2. The molecule has 226 valence electrons. The van der Waals surface area contributed by atoms with Gasteiger partial charge in [0.05, 0.1) is 25.2 Å². The van der Waals surface area contributed by atoms with Crippen molar-refractivity contribution in [3.8, 4) is 0 Å². The van der Waals surface area contributed by atoms with Crippen LogP contribution in [0.1, 0.15) is 42.9 Å². The standard InChI is InChI=1S/C35H40N2O6/c1-4-34-16-9-6-10-19-42-33(41)29(34)28-31(39)37(26(22-38)21-25-12-7-5-8-13-25)30-32(40)36(18-11-17-35(28,30)43-34)27-20-23(2)14-15-24(27)3/h5,7-9,11-17,20,26,28-30,38H,4,6,10,18-19,21-22H2,1-3H3/b16-9-/t26-,28+,29-,30?,34+,35+/m1/s1. The summed E-state index contributed by atoms with van der Waals surface area (Å²) in [7, 11) is 0. The van der Waals surface area contributed by atoms with Crippen molar-refractivity contribution < 1.29 is 29.0 Å². The number of ether oxygens (including phenoxy) is 2. The van der Waals surface area contributed by atoms with Crippen molar-refractivity contribution in [2.45, 2.75) is 69.7 Å². The molecule has 2 fully saturated rings. The number of fused-ring (bicyclic) bond motifs is 2. The molecule has 2 saturated heterocycles. The van der Waals surface area contributed by atoms with Gasteiger partial charge in [0.25, 0.3) is 5.91 Å². The highest BCUT2D eigenvalue weighted by atomic mass is 16.6. The zero-order valence-electron chi connectivity index (χ0n) is 25.1. The number of benzene rings is 2. The molecule has 8 nitrogen and oxygen atoms in total. The highest BCUT2D eigenvalue weighted by Gasteiger charge is 2.76. The third kappa shape index (κ3) is 4.71. The van der Waals surface area contributed by atoms with E-state index in [0.717, 1.165) is 22.4 Å². The van der Waals surface area contributed by atoms with Gasteiger partial charge in [-0.2, -0.15) is 0 Å². The van der Waals surface area contributed by atoms with Crippen molar-refractivity contribution >= 4 is 23.5 Å². The molecule has 0 aliphatic carbocycles. The molecule has 2 amide bonds. The van der Waals surface area contributed by atoms with Crippen LogP contribution in [0, 0.1) is 25.7 Å². The summed E-state index contributed by atoms with van der Waals surface area (Å²) in [6.45, 7) is 6.06. The number of allylic oxidation sites excluding steroid dienone is 1. The Hall–Kier alpha value is -3.75. The molecular weight excluding hydrogens is 544 g/mol. The Morgan fingerprint density at radius 1 is 1.00 bits per heavy atom. The fourth-order valence-electron chi connectivity index (χ4n) is 7.57. The second kappa shape index (κ2) is 11.4. The molecule has 1 spiro atoms. The van der Waals surface area contributed by atoms with Gasteiger partial charge in [0.2, 0.25) is 5.91 Å². The Morgan fingerprint density at radius 2 is 1.79 bits per heavy atom. The lowest BCUT2D eigenvalue weighted by Crippen LogP contribution is -2.59. The van der Waals surface area contributed by atoms with Gasteiger partial charge >= 0.3 is 5.97 Å². The number of aliphatic hydroxyl groups excluding tert-OH is 1. The van der Waals surface area contributed by atoms with Crippen LogP contribution in [0.2, 0.25) is 0 Å². The van der Waals surface area contributed by atoms with E-state index < -0.39 is 41.1 Å². The summed E-state index contributed by atoms with van der Waals surface area (Å²) in [6.07, 6.45) is 9.82. The molecule has 1 unspecified atom stereocenters. The molecule has 0 bridgehead atoms. The fourth-order valence-corrected chi connectivity index (χ4v) is 7.57. The minimum Gasteiger partial charge on any atom is -0.465 e. The number of cyclic esters (lactones) is 1. The maximum absolute atomic E-state index is 14.9. The van der Waals surface area contributed by atoms with Crippen molar-refractivity contribution in [3.05, 3.63) is 89.5 Å². The first-order chi connectivity index (χ1) is 20.8. The van der Waals surface area contributed by atoms with E-state index in [1.807, 2.05) is 93.6 Å². The molecule has 8 heteroatoms. The number of carbonyl (C=O) groups is 3. The smallest absolute Gasteiger partial charge is 0.313 e. The normalized spacial score (nSPS) is 31.7. The first-order valence-electron chi connectivity index (χ1n) is 15.3. The fraction of sp³-hybridized carbons (Fsp3) is 0.457. The van der Waals surface area contributed by atoms with Gasteiger partial charge in [0, 0.05) is 12.2 Å². The molecule has 4 aliphatic rings. The molecule has 0 saturated carbocycles. The van der Waals surface area contributed by atoms with Gasteiger partial charge in [-0.25, -0.2) is 0 Å². The first-order valence-corrected chi connectivity index (χ1v) is 15.3. The predicted molar refractivity (Wildman–Crippen MR) is 162 cm³/mol. The van der Waals surface area contributed by atoms with Crippen LogP contribution in [-0.4, -0.2) is 70.8 Å². The van der Waals surface area contributed by atoms with Crippen LogP contribution < -0.4 is 4.90 Å². The third-order valence-corrected chi connectivity index (χ3v) is 9.64. The average Bonchev–Trinajstić information content (AvgIpc) is 3.39. The van der Waals surface area contributed by atoms with Crippen LogP contribution in [-0.2, 0) is 30.3 Å². The Bertz CT molecular complexity index is 1470. The minimum absolute atomic E-state index is 0.253. The van der Waals surface area contributed by atoms with Crippen molar-refractivity contribution in [1.29, 1.82) is 0 Å². The second-order valence-electron chi connectivity index (χ2n) is 12.2. The summed E-state index contributed by atoms with van der Waals surface area (Å²) in [5.41, 5.74) is 1.09. The second-order valence-corrected chi connectivity index (χ2v) is 12.2. The first kappa shape index (κ1) is 29.3. The lowest BCUT2D eigenvalue weighted by atomic mass is 9.73. The molecule has 0 aromatic heterocycles. The van der Waals surface area contributed by atoms with Gasteiger partial charge in [0.15, 0.2) is 0 Å². The molecule has 0 radical (unpaired) electrons. The maximum atomic E-state index is 14.9. The molecule has 6 rings (SSSR count). The van der Waals surface area contributed by atoms with E-state index in [9.17, 15) is 19.5 Å². The monoisotopic (exact) mass is 584 g/mol. The number of carbonyl (C=O) groups excluding carboxylic acids is 3. The number of aliphatic hydroxyl groups is 1. The summed E-state index contributed by atoms with van der Waals surface area (Å²) < 4.78 is 12.8. The molecular formula is C35H40N2O6. The largest absolute Gasteiger partial charge is 0.465 e. The lowest BCUT2D eigenvalue weighted by molar-refractivity contribution is -0.161. The van der Waals surface area contributed by atoms with E-state index in [4.69, 9.17) is 9.47 Å². The van der Waals surface area contributed by atoms with Crippen LogP contribution in [0.4, 0.5) is 5.69 Å². The van der Waals surface area contributed by atoms with E-state index in [1.54, 1.807) is 4.90 Å². The molecule has 6 atom stereocenters. The number of amides is 2. The Labute approximate surface area is 253 Å². The molecule has 2 aromatic carbocycles. The predicted octanol–water partition coefficient (Wildman–Crippen LogP) is 4.06. The molecule has 1 N–H and O–H groups in total. The van der Waals surface area contributed by atoms with E-state index >= 15 is 0 Å². The van der Waals surface area contributed by atoms with Gasteiger partial charge in [0.1, 0.15) is 23.2 Å². The molecule has 43 heavy (non-hydrogen) atoms. The zero-order valence-corrected chi connectivity index (χ0v) is 25.1. The average molecular weight is 585 g/mol. The Balaban J connectivity index is 1.53. The minimum atomic E-state index is -1.42. The molecule has 2 aromatic rings. The number of nitrogens with zero attached hydrogens (tertiary/aromatic N) is 2. The summed E-state index contributed by atoms with van der Waals surface area (Å²) >= 11 is 0. The van der Waals surface area contributed by atoms with Crippen LogP contribution in [0.25, 0.3) is 0 Å². The Morgan fingerprint density at radius 3 is 2.53 bits per heavy atom. The van der Waals surface area contributed by atoms with E-state index in [-0.39, 0.29) is 31.6 Å². The highest BCUT2D eigenvalue weighted by Crippen LogP contribution is 2.58. The van der Waals surface area contributed by atoms with Crippen LogP contribution in [0.3, 0.4) is 0 Å². The van der Waals surface area contributed by atoms with E-state index in [0.29, 0.717) is 25.7 Å². The number of esters is 1. The van der Waals surface area contributed by atoms with Gasteiger partial charge in [-0.1, -0.05) is 73.7 Å². The number of anilines is 1. The Kier molecular flexibility index (Phi) is 7.77. The third-order valence-electron chi connectivity index (χ3n) is 9.64. The quantitative estimate of drug-likeness (QED) is 0.407. The van der Waals surface area contributed by atoms with Crippen molar-refractivity contribution in [2.24, 2.45) is 11.8 Å². The zero-order chi connectivity index (χ0) is 30.4. The number of hydrogen-bond donors (Lipinski definition) is 1. The highest BCUT2D eigenvalue weighted by molar-refractivity contribution is 6.06. The van der Waals surface area contributed by atoms with Crippen LogP contribution >= 0.6 is 0 Å². The number of hydrogen-bond acceptors (Lipinski definition) is 6. The summed E-state index contributed by atoms with van der Waals surface area (Å²) in [5.74, 6) is -3.07. The van der Waals surface area contributed by atoms with Crippen LogP contribution in [0.15, 0.2) is 72.8 Å². The summed E-state index contributed by atoms with van der Waals surface area (Å²) in [6, 6.07) is 13.8. The van der Waals surface area contributed by atoms with Gasteiger partial charge in [-0.05, 0) is 62.3 Å². The lowest BCUT2D eigenvalue weighted by Gasteiger charge is -2.41. The van der Waals surface area contributed by atoms with Crippen LogP contribution in [0.5, 0.6) is 0 Å². The topological polar surface area (TPSA) is 96.4 Å². The number of rotatable bonds is 6. The van der Waals surface area contributed by atoms with Crippen molar-refractivity contribution in [1.82, 2.24) is 4.90 Å². The number of aryl methyl sites for hydroxylation is 2. The van der Waals surface area contributed by atoms with Crippen molar-refractivity contribution in [3.63, 3.8) is 0 Å². The van der Waals surface area contributed by atoms with Crippen molar-refractivity contribution in [2.75, 3.05) is 24.7 Å².